The number of aryl methyl sites for hydroxylation is 1. The minimum Gasteiger partial charge on any atom is -0.392 e. The summed E-state index contributed by atoms with van der Waals surface area (Å²) < 4.78 is 0. The molecule has 3 rings (SSSR count). The van der Waals surface area contributed by atoms with Crippen molar-refractivity contribution in [3.05, 3.63) is 23.4 Å². The average Bonchev–Trinajstić information content (AvgIpc) is 3.01. The molecule has 0 radical (unpaired) electrons. The molecule has 0 spiro atoms. The van der Waals surface area contributed by atoms with Gasteiger partial charge in [0.2, 0.25) is 0 Å². The van der Waals surface area contributed by atoms with Gasteiger partial charge in [-0.2, -0.15) is 0 Å². The molecule has 4 heteroatoms. The van der Waals surface area contributed by atoms with Crippen LogP contribution in [0.3, 0.4) is 0 Å². The number of anilines is 1. The molecular formula is C16H25N3O. The van der Waals surface area contributed by atoms with E-state index in [4.69, 9.17) is 0 Å². The van der Waals surface area contributed by atoms with E-state index >= 15 is 0 Å². The Hall–Kier alpha value is -1.13. The molecule has 1 aliphatic carbocycles. The third-order valence-corrected chi connectivity index (χ3v) is 4.83. The number of aliphatic hydroxyl groups is 1. The van der Waals surface area contributed by atoms with Crippen LogP contribution in [0.1, 0.15) is 36.9 Å². The van der Waals surface area contributed by atoms with E-state index in [-0.39, 0.29) is 6.61 Å². The smallest absolute Gasteiger partial charge is 0.128 e. The first-order valence-corrected chi connectivity index (χ1v) is 7.84. The molecular weight excluding hydrogens is 250 g/mol. The molecule has 2 fully saturated rings. The highest BCUT2D eigenvalue weighted by Crippen LogP contribution is 2.25. The number of hydrogen-bond acceptors (Lipinski definition) is 4. The topological polar surface area (TPSA) is 39.6 Å². The summed E-state index contributed by atoms with van der Waals surface area (Å²) in [7, 11) is 0. The standard InChI is InChI=1S/C16H25N3O/c1-13-14(12-20)6-7-16(17-13)19-10-8-18(9-11-19)15-4-2-3-5-15/h6-7,15,20H,2-5,8-12H2,1H3. The van der Waals surface area contributed by atoms with E-state index in [9.17, 15) is 5.11 Å². The van der Waals surface area contributed by atoms with E-state index in [0.29, 0.717) is 0 Å². The third-order valence-electron chi connectivity index (χ3n) is 4.83. The SMILES string of the molecule is Cc1nc(N2CCN(C3CCCC3)CC2)ccc1CO. The predicted molar refractivity (Wildman–Crippen MR) is 80.9 cm³/mol. The van der Waals surface area contributed by atoms with Gasteiger partial charge in [-0.1, -0.05) is 18.9 Å². The summed E-state index contributed by atoms with van der Waals surface area (Å²) in [5.74, 6) is 1.06. The van der Waals surface area contributed by atoms with E-state index in [1.165, 1.54) is 25.7 Å². The molecule has 110 valence electrons. The van der Waals surface area contributed by atoms with E-state index in [0.717, 1.165) is 49.3 Å². The van der Waals surface area contributed by atoms with Gasteiger partial charge in [-0.05, 0) is 31.4 Å². The molecule has 1 aromatic heterocycles. The normalized spacial score (nSPS) is 21.6. The zero-order chi connectivity index (χ0) is 13.9. The van der Waals surface area contributed by atoms with Gasteiger partial charge in [0.1, 0.15) is 5.82 Å². The van der Waals surface area contributed by atoms with Crippen LogP contribution in [-0.2, 0) is 6.61 Å². The van der Waals surface area contributed by atoms with Crippen LogP contribution in [0.5, 0.6) is 0 Å². The molecule has 4 nitrogen and oxygen atoms in total. The Morgan fingerprint density at radius 1 is 1.15 bits per heavy atom. The highest BCUT2D eigenvalue weighted by atomic mass is 16.3. The fourth-order valence-corrected chi connectivity index (χ4v) is 3.51. The molecule has 20 heavy (non-hydrogen) atoms. The highest BCUT2D eigenvalue weighted by molar-refractivity contribution is 5.42. The van der Waals surface area contributed by atoms with Crippen molar-refractivity contribution in [3.8, 4) is 0 Å². The first-order valence-electron chi connectivity index (χ1n) is 7.84. The fourth-order valence-electron chi connectivity index (χ4n) is 3.51. The summed E-state index contributed by atoms with van der Waals surface area (Å²) in [6, 6.07) is 4.88. The number of nitrogens with zero attached hydrogens (tertiary/aromatic N) is 3. The van der Waals surface area contributed by atoms with Gasteiger partial charge in [-0.3, -0.25) is 4.90 Å². The van der Waals surface area contributed by atoms with E-state index < -0.39 is 0 Å². The predicted octanol–water partition coefficient (Wildman–Crippen LogP) is 1.95. The Balaban J connectivity index is 1.61. The van der Waals surface area contributed by atoms with Crippen molar-refractivity contribution in [2.75, 3.05) is 31.1 Å². The first-order chi connectivity index (χ1) is 9.78. The van der Waals surface area contributed by atoms with Gasteiger partial charge in [0, 0.05) is 37.9 Å². The second kappa shape index (κ2) is 6.10. The van der Waals surface area contributed by atoms with Crippen molar-refractivity contribution in [1.82, 2.24) is 9.88 Å². The van der Waals surface area contributed by atoms with Crippen LogP contribution >= 0.6 is 0 Å². The first kappa shape index (κ1) is 13.8. The highest BCUT2D eigenvalue weighted by Gasteiger charge is 2.26. The Morgan fingerprint density at radius 2 is 1.85 bits per heavy atom. The zero-order valence-electron chi connectivity index (χ0n) is 12.4. The zero-order valence-corrected chi connectivity index (χ0v) is 12.4. The van der Waals surface area contributed by atoms with Crippen molar-refractivity contribution in [3.63, 3.8) is 0 Å². The van der Waals surface area contributed by atoms with Gasteiger partial charge in [0.05, 0.1) is 6.61 Å². The number of piperazine rings is 1. The molecule has 0 atom stereocenters. The minimum atomic E-state index is 0.0779. The van der Waals surface area contributed by atoms with Crippen molar-refractivity contribution in [1.29, 1.82) is 0 Å². The molecule has 2 heterocycles. The number of aliphatic hydroxyl groups excluding tert-OH is 1. The van der Waals surface area contributed by atoms with Crippen LogP contribution in [0.4, 0.5) is 5.82 Å². The Bertz CT molecular complexity index is 449. The molecule has 0 unspecified atom stereocenters. The lowest BCUT2D eigenvalue weighted by molar-refractivity contribution is 0.187. The van der Waals surface area contributed by atoms with Crippen LogP contribution < -0.4 is 4.90 Å². The van der Waals surface area contributed by atoms with Crippen LogP contribution in [0, 0.1) is 6.92 Å². The van der Waals surface area contributed by atoms with Gasteiger partial charge in [-0.15, -0.1) is 0 Å². The van der Waals surface area contributed by atoms with Crippen molar-refractivity contribution < 1.29 is 5.11 Å². The maximum Gasteiger partial charge on any atom is 0.128 e. The summed E-state index contributed by atoms with van der Waals surface area (Å²) in [6.07, 6.45) is 5.60. The largest absolute Gasteiger partial charge is 0.392 e. The van der Waals surface area contributed by atoms with Crippen molar-refractivity contribution >= 4 is 5.82 Å². The van der Waals surface area contributed by atoms with Gasteiger partial charge in [-0.25, -0.2) is 4.98 Å². The van der Waals surface area contributed by atoms with Crippen LogP contribution in [-0.4, -0.2) is 47.2 Å². The summed E-state index contributed by atoms with van der Waals surface area (Å²) in [6.45, 7) is 6.52. The molecule has 0 aromatic carbocycles. The second-order valence-corrected chi connectivity index (χ2v) is 6.03. The minimum absolute atomic E-state index is 0.0779. The monoisotopic (exact) mass is 275 g/mol. The fraction of sp³-hybridized carbons (Fsp3) is 0.688. The molecule has 1 aromatic rings. The Morgan fingerprint density at radius 3 is 2.45 bits per heavy atom. The third kappa shape index (κ3) is 2.81. The van der Waals surface area contributed by atoms with E-state index in [1.807, 2.05) is 19.1 Å². The molecule has 2 aliphatic rings. The maximum atomic E-state index is 9.22. The van der Waals surface area contributed by atoms with Gasteiger partial charge in [0.15, 0.2) is 0 Å². The van der Waals surface area contributed by atoms with Crippen LogP contribution in [0.15, 0.2) is 12.1 Å². The van der Waals surface area contributed by atoms with Crippen molar-refractivity contribution in [2.45, 2.75) is 45.3 Å². The number of pyridine rings is 1. The van der Waals surface area contributed by atoms with E-state index in [1.54, 1.807) is 0 Å². The van der Waals surface area contributed by atoms with E-state index in [2.05, 4.69) is 14.8 Å². The summed E-state index contributed by atoms with van der Waals surface area (Å²) in [5, 5.41) is 9.22. The second-order valence-electron chi connectivity index (χ2n) is 6.03. The van der Waals surface area contributed by atoms with Gasteiger partial charge in [0.25, 0.3) is 0 Å². The number of aromatic nitrogens is 1. The Kier molecular flexibility index (Phi) is 4.22. The van der Waals surface area contributed by atoms with Crippen LogP contribution in [0.2, 0.25) is 0 Å². The average molecular weight is 275 g/mol. The number of hydrogen-bond donors (Lipinski definition) is 1. The maximum absolute atomic E-state index is 9.22. The molecule has 1 saturated heterocycles. The van der Waals surface area contributed by atoms with Gasteiger partial charge >= 0.3 is 0 Å². The summed E-state index contributed by atoms with van der Waals surface area (Å²) >= 11 is 0. The van der Waals surface area contributed by atoms with Crippen LogP contribution in [0.25, 0.3) is 0 Å². The number of rotatable bonds is 3. The molecule has 1 N–H and O–H groups in total. The quantitative estimate of drug-likeness (QED) is 0.915. The lowest BCUT2D eigenvalue weighted by atomic mass is 10.1. The lowest BCUT2D eigenvalue weighted by Crippen LogP contribution is -2.50. The molecule has 0 bridgehead atoms. The van der Waals surface area contributed by atoms with Crippen molar-refractivity contribution in [2.24, 2.45) is 0 Å². The Labute approximate surface area is 121 Å². The summed E-state index contributed by atoms with van der Waals surface area (Å²) in [4.78, 5) is 9.68. The molecule has 0 amide bonds. The molecule has 1 aliphatic heterocycles. The lowest BCUT2D eigenvalue weighted by Gasteiger charge is -2.38. The van der Waals surface area contributed by atoms with Gasteiger partial charge < -0.3 is 10.0 Å². The molecule has 1 saturated carbocycles. The summed E-state index contributed by atoms with van der Waals surface area (Å²) in [5.41, 5.74) is 1.88.